The van der Waals surface area contributed by atoms with E-state index in [1.165, 1.54) is 0 Å². The zero-order valence-corrected chi connectivity index (χ0v) is 9.13. The SMILES string of the molecule is CCC(C)C=C(C(N)=O)C(C)CC. The Labute approximate surface area is 81.2 Å². The molecule has 76 valence electrons. The summed E-state index contributed by atoms with van der Waals surface area (Å²) in [4.78, 5) is 11.1. The summed E-state index contributed by atoms with van der Waals surface area (Å²) < 4.78 is 0. The molecule has 2 heteroatoms. The summed E-state index contributed by atoms with van der Waals surface area (Å²) in [7, 11) is 0. The highest BCUT2D eigenvalue weighted by Gasteiger charge is 2.12. The predicted octanol–water partition coefficient (Wildman–Crippen LogP) is 2.49. The number of carbonyl (C=O) groups is 1. The van der Waals surface area contributed by atoms with Crippen LogP contribution >= 0.6 is 0 Å². The average molecular weight is 183 g/mol. The summed E-state index contributed by atoms with van der Waals surface area (Å²) in [6.45, 7) is 8.32. The largest absolute Gasteiger partial charge is 0.366 e. The highest BCUT2D eigenvalue weighted by atomic mass is 16.1. The minimum Gasteiger partial charge on any atom is -0.366 e. The van der Waals surface area contributed by atoms with Crippen LogP contribution in [0, 0.1) is 11.8 Å². The first kappa shape index (κ1) is 12.2. The van der Waals surface area contributed by atoms with Crippen LogP contribution in [0.1, 0.15) is 40.5 Å². The van der Waals surface area contributed by atoms with Gasteiger partial charge in [0.2, 0.25) is 5.91 Å². The molecular weight excluding hydrogens is 162 g/mol. The molecule has 0 radical (unpaired) electrons. The molecule has 0 saturated carbocycles. The molecule has 1 amide bonds. The number of hydrogen-bond acceptors (Lipinski definition) is 1. The Balaban J connectivity index is 4.59. The normalized spacial score (nSPS) is 16.8. The fraction of sp³-hybridized carbons (Fsp3) is 0.727. The lowest BCUT2D eigenvalue weighted by Gasteiger charge is -2.12. The number of carbonyl (C=O) groups excluding carboxylic acids is 1. The van der Waals surface area contributed by atoms with E-state index < -0.39 is 0 Å². The van der Waals surface area contributed by atoms with E-state index in [1.54, 1.807) is 0 Å². The number of nitrogens with two attached hydrogens (primary N) is 1. The molecule has 0 aromatic carbocycles. The molecule has 0 bridgehead atoms. The molecule has 0 aromatic rings. The van der Waals surface area contributed by atoms with Crippen LogP contribution in [0.2, 0.25) is 0 Å². The Bertz CT molecular complexity index is 196. The fourth-order valence-corrected chi connectivity index (χ4v) is 1.13. The Hall–Kier alpha value is -0.790. The van der Waals surface area contributed by atoms with Crippen LogP contribution in [0.4, 0.5) is 0 Å². The van der Waals surface area contributed by atoms with Crippen molar-refractivity contribution in [2.24, 2.45) is 17.6 Å². The minimum atomic E-state index is -0.269. The van der Waals surface area contributed by atoms with E-state index in [0.717, 1.165) is 18.4 Å². The zero-order chi connectivity index (χ0) is 10.4. The maximum Gasteiger partial charge on any atom is 0.244 e. The Morgan fingerprint density at radius 3 is 2.15 bits per heavy atom. The van der Waals surface area contributed by atoms with E-state index in [-0.39, 0.29) is 11.8 Å². The van der Waals surface area contributed by atoms with Gasteiger partial charge in [0, 0.05) is 5.57 Å². The third kappa shape index (κ3) is 4.11. The van der Waals surface area contributed by atoms with E-state index in [4.69, 9.17) is 5.73 Å². The highest BCUT2D eigenvalue weighted by Crippen LogP contribution is 2.17. The molecule has 2 nitrogen and oxygen atoms in total. The van der Waals surface area contributed by atoms with Crippen LogP contribution < -0.4 is 5.73 Å². The lowest BCUT2D eigenvalue weighted by Crippen LogP contribution is -2.19. The second-order valence-corrected chi connectivity index (χ2v) is 3.68. The molecule has 0 aliphatic carbocycles. The summed E-state index contributed by atoms with van der Waals surface area (Å²) in [5.41, 5.74) is 6.10. The molecule has 0 saturated heterocycles. The second kappa shape index (κ2) is 5.79. The molecule has 0 aliphatic heterocycles. The standard InChI is InChI=1S/C11H21NO/c1-5-8(3)7-10(11(12)13)9(4)6-2/h7-9H,5-6H2,1-4H3,(H2,12,13). The minimum absolute atomic E-state index is 0.269. The Morgan fingerprint density at radius 1 is 1.31 bits per heavy atom. The van der Waals surface area contributed by atoms with E-state index in [0.29, 0.717) is 5.92 Å². The summed E-state index contributed by atoms with van der Waals surface area (Å²) in [6.07, 6.45) is 4.02. The third-order valence-corrected chi connectivity index (χ3v) is 2.54. The van der Waals surface area contributed by atoms with Crippen LogP contribution in [0.5, 0.6) is 0 Å². The molecule has 0 spiro atoms. The number of hydrogen-bond donors (Lipinski definition) is 1. The van der Waals surface area contributed by atoms with Gasteiger partial charge in [-0.2, -0.15) is 0 Å². The van der Waals surface area contributed by atoms with Crippen molar-refractivity contribution in [3.05, 3.63) is 11.6 Å². The van der Waals surface area contributed by atoms with Gasteiger partial charge >= 0.3 is 0 Å². The van der Waals surface area contributed by atoms with Gasteiger partial charge < -0.3 is 5.73 Å². The average Bonchev–Trinajstić information content (AvgIpc) is 2.11. The lowest BCUT2D eigenvalue weighted by molar-refractivity contribution is -0.115. The summed E-state index contributed by atoms with van der Waals surface area (Å²) in [5, 5.41) is 0. The van der Waals surface area contributed by atoms with Crippen molar-refractivity contribution in [1.29, 1.82) is 0 Å². The molecule has 0 fully saturated rings. The van der Waals surface area contributed by atoms with Crippen LogP contribution in [-0.2, 0) is 4.79 Å². The Morgan fingerprint density at radius 2 is 1.85 bits per heavy atom. The molecular formula is C11H21NO. The molecule has 2 N–H and O–H groups in total. The number of allylic oxidation sites excluding steroid dienone is 1. The smallest absolute Gasteiger partial charge is 0.244 e. The summed E-state index contributed by atoms with van der Waals surface area (Å²) in [5.74, 6) is 0.456. The lowest BCUT2D eigenvalue weighted by atomic mass is 9.93. The van der Waals surface area contributed by atoms with Crippen LogP contribution in [-0.4, -0.2) is 5.91 Å². The van der Waals surface area contributed by atoms with E-state index in [1.807, 2.05) is 13.0 Å². The van der Waals surface area contributed by atoms with Crippen LogP contribution in [0.25, 0.3) is 0 Å². The van der Waals surface area contributed by atoms with E-state index >= 15 is 0 Å². The van der Waals surface area contributed by atoms with Gasteiger partial charge in [-0.05, 0) is 18.3 Å². The van der Waals surface area contributed by atoms with Crippen LogP contribution in [0.3, 0.4) is 0 Å². The predicted molar refractivity (Wildman–Crippen MR) is 56.2 cm³/mol. The van der Waals surface area contributed by atoms with Gasteiger partial charge in [0.25, 0.3) is 0 Å². The van der Waals surface area contributed by atoms with Crippen molar-refractivity contribution in [3.8, 4) is 0 Å². The maximum absolute atomic E-state index is 11.1. The van der Waals surface area contributed by atoms with Gasteiger partial charge in [-0.15, -0.1) is 0 Å². The van der Waals surface area contributed by atoms with Crippen molar-refractivity contribution < 1.29 is 4.79 Å². The molecule has 13 heavy (non-hydrogen) atoms. The van der Waals surface area contributed by atoms with Gasteiger partial charge in [-0.25, -0.2) is 0 Å². The van der Waals surface area contributed by atoms with Crippen molar-refractivity contribution in [2.75, 3.05) is 0 Å². The van der Waals surface area contributed by atoms with E-state index in [2.05, 4.69) is 20.8 Å². The summed E-state index contributed by atoms with van der Waals surface area (Å²) >= 11 is 0. The first-order chi connectivity index (χ1) is 6.02. The number of rotatable bonds is 5. The molecule has 0 heterocycles. The molecule has 2 unspecified atom stereocenters. The molecule has 0 aromatic heterocycles. The highest BCUT2D eigenvalue weighted by molar-refractivity contribution is 5.92. The fourth-order valence-electron chi connectivity index (χ4n) is 1.13. The topological polar surface area (TPSA) is 43.1 Å². The summed E-state index contributed by atoms with van der Waals surface area (Å²) in [6, 6.07) is 0. The van der Waals surface area contributed by atoms with Gasteiger partial charge in [-0.3, -0.25) is 4.79 Å². The van der Waals surface area contributed by atoms with E-state index in [9.17, 15) is 4.79 Å². The zero-order valence-electron chi connectivity index (χ0n) is 9.13. The van der Waals surface area contributed by atoms with Crippen LogP contribution in [0.15, 0.2) is 11.6 Å². The van der Waals surface area contributed by atoms with Crippen molar-refractivity contribution in [3.63, 3.8) is 0 Å². The molecule has 0 aliphatic rings. The van der Waals surface area contributed by atoms with Crippen molar-refractivity contribution >= 4 is 5.91 Å². The number of primary amides is 1. The second-order valence-electron chi connectivity index (χ2n) is 3.68. The quantitative estimate of drug-likeness (QED) is 0.654. The molecule has 2 atom stereocenters. The first-order valence-corrected chi connectivity index (χ1v) is 5.04. The molecule has 0 rings (SSSR count). The van der Waals surface area contributed by atoms with Gasteiger partial charge in [0.1, 0.15) is 0 Å². The van der Waals surface area contributed by atoms with Gasteiger partial charge in [0.05, 0.1) is 0 Å². The third-order valence-electron chi connectivity index (χ3n) is 2.54. The van der Waals surface area contributed by atoms with Gasteiger partial charge in [-0.1, -0.05) is 40.2 Å². The maximum atomic E-state index is 11.1. The van der Waals surface area contributed by atoms with Crippen molar-refractivity contribution in [2.45, 2.75) is 40.5 Å². The monoisotopic (exact) mass is 183 g/mol. The van der Waals surface area contributed by atoms with Gasteiger partial charge in [0.15, 0.2) is 0 Å². The first-order valence-electron chi connectivity index (χ1n) is 5.04. The van der Waals surface area contributed by atoms with Crippen molar-refractivity contribution in [1.82, 2.24) is 0 Å². The Kier molecular flexibility index (Phi) is 5.44. The number of amides is 1.